The highest BCUT2D eigenvalue weighted by atomic mass is 35.5. The summed E-state index contributed by atoms with van der Waals surface area (Å²) in [5, 5.41) is 0.843. The molecule has 19 heavy (non-hydrogen) atoms. The highest BCUT2D eigenvalue weighted by Crippen LogP contribution is 2.27. The first-order valence-electron chi connectivity index (χ1n) is 7.01. The van der Waals surface area contributed by atoms with Gasteiger partial charge in [-0.25, -0.2) is 0 Å². The van der Waals surface area contributed by atoms with Gasteiger partial charge in [-0.1, -0.05) is 17.7 Å². The normalized spacial score (nSPS) is 20.1. The van der Waals surface area contributed by atoms with Gasteiger partial charge >= 0.3 is 0 Å². The second-order valence-electron chi connectivity index (χ2n) is 5.52. The van der Waals surface area contributed by atoms with Gasteiger partial charge < -0.3 is 15.5 Å². The van der Waals surface area contributed by atoms with Gasteiger partial charge in [0, 0.05) is 29.8 Å². The van der Waals surface area contributed by atoms with E-state index in [-0.39, 0.29) is 0 Å². The lowest BCUT2D eigenvalue weighted by atomic mass is 10.0. The van der Waals surface area contributed by atoms with Crippen LogP contribution in [-0.4, -0.2) is 44.7 Å². The van der Waals surface area contributed by atoms with Crippen LogP contribution in [0.2, 0.25) is 5.02 Å². The maximum atomic E-state index is 6.33. The average Bonchev–Trinajstić information content (AvgIpc) is 2.41. The van der Waals surface area contributed by atoms with Gasteiger partial charge in [-0.05, 0) is 57.6 Å². The summed E-state index contributed by atoms with van der Waals surface area (Å²) in [4.78, 5) is 4.75. The topological polar surface area (TPSA) is 32.5 Å². The van der Waals surface area contributed by atoms with Crippen molar-refractivity contribution in [2.24, 2.45) is 5.73 Å². The van der Waals surface area contributed by atoms with Gasteiger partial charge in [-0.15, -0.1) is 0 Å². The van der Waals surface area contributed by atoms with Gasteiger partial charge in [0.15, 0.2) is 0 Å². The third-order valence-corrected chi connectivity index (χ3v) is 4.29. The summed E-state index contributed by atoms with van der Waals surface area (Å²) in [6.45, 7) is 2.85. The molecule has 0 aliphatic carbocycles. The molecule has 1 saturated heterocycles. The molecule has 1 fully saturated rings. The Morgan fingerprint density at radius 2 is 2.21 bits per heavy atom. The quantitative estimate of drug-likeness (QED) is 0.920. The predicted octanol–water partition coefficient (Wildman–Crippen LogP) is 2.37. The van der Waals surface area contributed by atoms with Crippen molar-refractivity contribution in [2.75, 3.05) is 38.6 Å². The summed E-state index contributed by atoms with van der Waals surface area (Å²) in [6.07, 6.45) is 3.37. The largest absolute Gasteiger partial charge is 0.370 e. The van der Waals surface area contributed by atoms with Crippen LogP contribution in [-0.2, 0) is 6.42 Å². The molecule has 0 radical (unpaired) electrons. The molecule has 1 aliphatic heterocycles. The number of hydrogen-bond acceptors (Lipinski definition) is 3. The summed E-state index contributed by atoms with van der Waals surface area (Å²) in [5.74, 6) is 0. The van der Waals surface area contributed by atoms with Crippen LogP contribution in [0.4, 0.5) is 5.69 Å². The minimum absolute atomic E-state index is 0.635. The molecule has 0 amide bonds. The number of anilines is 1. The van der Waals surface area contributed by atoms with E-state index in [9.17, 15) is 0 Å². The maximum absolute atomic E-state index is 6.33. The summed E-state index contributed by atoms with van der Waals surface area (Å²) in [6, 6.07) is 7.01. The fourth-order valence-electron chi connectivity index (χ4n) is 2.70. The molecule has 106 valence electrons. The molecular formula is C15H24ClN3. The van der Waals surface area contributed by atoms with Gasteiger partial charge in [0.1, 0.15) is 0 Å². The van der Waals surface area contributed by atoms with Crippen LogP contribution in [0.5, 0.6) is 0 Å². The highest BCUT2D eigenvalue weighted by molar-refractivity contribution is 6.31. The van der Waals surface area contributed by atoms with E-state index in [0.717, 1.165) is 30.1 Å². The lowest BCUT2D eigenvalue weighted by Crippen LogP contribution is -2.45. The Labute approximate surface area is 121 Å². The van der Waals surface area contributed by atoms with Crippen LogP contribution in [0.25, 0.3) is 0 Å². The van der Waals surface area contributed by atoms with Crippen LogP contribution >= 0.6 is 11.6 Å². The van der Waals surface area contributed by atoms with Gasteiger partial charge in [0.2, 0.25) is 0 Å². The molecule has 1 unspecified atom stereocenters. The van der Waals surface area contributed by atoms with Crippen LogP contribution in [0.1, 0.15) is 18.4 Å². The molecule has 1 aliphatic rings. The number of nitrogens with two attached hydrogens (primary N) is 1. The minimum Gasteiger partial charge on any atom is -0.370 e. The van der Waals surface area contributed by atoms with Crippen LogP contribution in [0, 0.1) is 0 Å². The third kappa shape index (κ3) is 3.62. The summed E-state index contributed by atoms with van der Waals surface area (Å²) < 4.78 is 0. The van der Waals surface area contributed by atoms with E-state index in [1.54, 1.807) is 0 Å². The molecule has 1 heterocycles. The Hall–Kier alpha value is -0.770. The van der Waals surface area contributed by atoms with E-state index in [1.807, 2.05) is 0 Å². The standard InChI is InChI=1S/C15H24ClN3/c1-18(2)14-4-3-9-19(11-14)13-6-5-12(7-8-17)15(16)10-13/h5-6,10,14H,3-4,7-9,11,17H2,1-2H3. The summed E-state index contributed by atoms with van der Waals surface area (Å²) in [5.41, 5.74) is 7.97. The third-order valence-electron chi connectivity index (χ3n) is 3.94. The number of nitrogens with zero attached hydrogens (tertiary/aromatic N) is 2. The van der Waals surface area contributed by atoms with Crippen molar-refractivity contribution in [2.45, 2.75) is 25.3 Å². The molecule has 0 spiro atoms. The smallest absolute Gasteiger partial charge is 0.0459 e. The first kappa shape index (κ1) is 14.6. The van der Waals surface area contributed by atoms with Gasteiger partial charge in [0.25, 0.3) is 0 Å². The second kappa shape index (κ2) is 6.60. The van der Waals surface area contributed by atoms with E-state index in [0.29, 0.717) is 12.6 Å². The number of benzene rings is 1. The van der Waals surface area contributed by atoms with Gasteiger partial charge in [-0.3, -0.25) is 0 Å². The van der Waals surface area contributed by atoms with Crippen molar-refractivity contribution in [1.82, 2.24) is 4.90 Å². The molecule has 4 heteroatoms. The van der Waals surface area contributed by atoms with Crippen molar-refractivity contribution in [1.29, 1.82) is 0 Å². The molecule has 0 bridgehead atoms. The summed E-state index contributed by atoms with van der Waals surface area (Å²) >= 11 is 6.33. The minimum atomic E-state index is 0.635. The Morgan fingerprint density at radius 1 is 1.42 bits per heavy atom. The molecule has 1 aromatic carbocycles. The number of halogens is 1. The zero-order valence-electron chi connectivity index (χ0n) is 11.9. The van der Waals surface area contributed by atoms with Crippen molar-refractivity contribution in [3.05, 3.63) is 28.8 Å². The van der Waals surface area contributed by atoms with Crippen molar-refractivity contribution in [3.8, 4) is 0 Å². The lowest BCUT2D eigenvalue weighted by Gasteiger charge is -2.37. The van der Waals surface area contributed by atoms with E-state index in [1.165, 1.54) is 18.5 Å². The molecule has 2 N–H and O–H groups in total. The Bertz CT molecular complexity index is 420. The second-order valence-corrected chi connectivity index (χ2v) is 5.93. The number of likely N-dealkylation sites (N-methyl/N-ethyl adjacent to an activating group) is 1. The fraction of sp³-hybridized carbons (Fsp3) is 0.600. The Morgan fingerprint density at radius 3 is 2.84 bits per heavy atom. The first-order chi connectivity index (χ1) is 9.11. The SMILES string of the molecule is CN(C)C1CCCN(c2ccc(CCN)c(Cl)c2)C1. The van der Waals surface area contributed by atoms with Gasteiger partial charge in [0.05, 0.1) is 0 Å². The summed E-state index contributed by atoms with van der Waals surface area (Å²) in [7, 11) is 4.32. The van der Waals surface area contributed by atoms with E-state index in [2.05, 4.69) is 42.1 Å². The highest BCUT2D eigenvalue weighted by Gasteiger charge is 2.21. The van der Waals surface area contributed by atoms with Crippen LogP contribution in [0.15, 0.2) is 18.2 Å². The van der Waals surface area contributed by atoms with E-state index >= 15 is 0 Å². The Balaban J connectivity index is 2.11. The zero-order chi connectivity index (χ0) is 13.8. The number of rotatable bonds is 4. The van der Waals surface area contributed by atoms with Crippen molar-refractivity contribution < 1.29 is 0 Å². The molecule has 1 atom stereocenters. The molecule has 0 saturated carbocycles. The van der Waals surface area contributed by atoms with E-state index < -0.39 is 0 Å². The molecule has 1 aromatic rings. The molecule has 0 aromatic heterocycles. The van der Waals surface area contributed by atoms with Crippen LogP contribution < -0.4 is 10.6 Å². The average molecular weight is 282 g/mol. The number of hydrogen-bond donors (Lipinski definition) is 1. The predicted molar refractivity (Wildman–Crippen MR) is 83.1 cm³/mol. The monoisotopic (exact) mass is 281 g/mol. The zero-order valence-corrected chi connectivity index (χ0v) is 12.7. The van der Waals surface area contributed by atoms with Crippen molar-refractivity contribution >= 4 is 17.3 Å². The first-order valence-corrected chi connectivity index (χ1v) is 7.39. The Kier molecular flexibility index (Phi) is 5.08. The van der Waals surface area contributed by atoms with Gasteiger partial charge in [-0.2, -0.15) is 0 Å². The van der Waals surface area contributed by atoms with Crippen molar-refractivity contribution in [3.63, 3.8) is 0 Å². The van der Waals surface area contributed by atoms with Crippen LogP contribution in [0.3, 0.4) is 0 Å². The molecule has 2 rings (SSSR count). The molecular weight excluding hydrogens is 258 g/mol. The molecule has 3 nitrogen and oxygen atoms in total. The lowest BCUT2D eigenvalue weighted by molar-refractivity contribution is 0.258. The van der Waals surface area contributed by atoms with E-state index in [4.69, 9.17) is 17.3 Å². The number of piperidine rings is 1. The fourth-order valence-corrected chi connectivity index (χ4v) is 2.97. The maximum Gasteiger partial charge on any atom is 0.0459 e.